The van der Waals surface area contributed by atoms with Crippen molar-refractivity contribution in [1.82, 2.24) is 5.48 Å². The summed E-state index contributed by atoms with van der Waals surface area (Å²) in [7, 11) is 0. The molecule has 0 aromatic heterocycles. The first-order valence-corrected chi connectivity index (χ1v) is 7.10. The molecule has 4 nitrogen and oxygen atoms in total. The second kappa shape index (κ2) is 7.31. The molecule has 0 aliphatic rings. The Balaban J connectivity index is 2.29. The van der Waals surface area contributed by atoms with Crippen molar-refractivity contribution in [1.29, 1.82) is 0 Å². The fourth-order valence-corrected chi connectivity index (χ4v) is 2.09. The molecule has 0 bridgehead atoms. The van der Waals surface area contributed by atoms with Crippen LogP contribution in [0.3, 0.4) is 0 Å². The molecule has 0 aliphatic carbocycles. The molecule has 6 heteroatoms. The molecule has 2 N–H and O–H groups in total. The molecule has 0 aliphatic heterocycles. The van der Waals surface area contributed by atoms with E-state index in [1.54, 1.807) is 37.3 Å². The quantitative estimate of drug-likeness (QED) is 0.800. The highest BCUT2D eigenvalue weighted by atomic mass is 35.5. The predicted octanol–water partition coefficient (Wildman–Crippen LogP) is 4.42. The lowest BCUT2D eigenvalue weighted by Crippen LogP contribution is -2.24. The van der Waals surface area contributed by atoms with Gasteiger partial charge in [0.25, 0.3) is 5.91 Å². The molecule has 0 saturated heterocycles. The zero-order valence-corrected chi connectivity index (χ0v) is 12.8. The number of anilines is 2. The van der Waals surface area contributed by atoms with Gasteiger partial charge in [0, 0.05) is 15.7 Å². The fourth-order valence-electron chi connectivity index (χ4n) is 1.73. The molecule has 21 heavy (non-hydrogen) atoms. The maximum atomic E-state index is 12.0. The summed E-state index contributed by atoms with van der Waals surface area (Å²) >= 11 is 11.9. The summed E-state index contributed by atoms with van der Waals surface area (Å²) in [6.45, 7) is 2.17. The topological polar surface area (TPSA) is 50.4 Å². The van der Waals surface area contributed by atoms with Gasteiger partial charge < -0.3 is 5.32 Å². The Morgan fingerprint density at radius 3 is 2.62 bits per heavy atom. The molecule has 0 fully saturated rings. The molecule has 110 valence electrons. The number of benzene rings is 2. The Morgan fingerprint density at radius 2 is 1.90 bits per heavy atom. The standard InChI is InChI=1S/C15H14Cl2N2O2/c1-2-21-19-15(20)13-7-6-11(17)9-14(13)18-12-5-3-4-10(16)8-12/h3-9,18H,2H2,1H3,(H,19,20). The van der Waals surface area contributed by atoms with Gasteiger partial charge in [-0.25, -0.2) is 5.48 Å². The largest absolute Gasteiger partial charge is 0.355 e. The Morgan fingerprint density at radius 1 is 1.14 bits per heavy atom. The van der Waals surface area contributed by atoms with E-state index < -0.39 is 0 Å². The van der Waals surface area contributed by atoms with Gasteiger partial charge in [-0.15, -0.1) is 0 Å². The Kier molecular flexibility index (Phi) is 5.44. The summed E-state index contributed by atoms with van der Waals surface area (Å²) in [5.41, 5.74) is 4.11. The summed E-state index contributed by atoms with van der Waals surface area (Å²) in [4.78, 5) is 17.0. The van der Waals surface area contributed by atoms with Crippen molar-refractivity contribution < 1.29 is 9.63 Å². The lowest BCUT2D eigenvalue weighted by atomic mass is 10.1. The number of amides is 1. The monoisotopic (exact) mass is 324 g/mol. The zero-order valence-electron chi connectivity index (χ0n) is 11.3. The SMILES string of the molecule is CCONC(=O)c1ccc(Cl)cc1Nc1cccc(Cl)c1. The van der Waals surface area contributed by atoms with Crippen LogP contribution in [-0.2, 0) is 4.84 Å². The van der Waals surface area contributed by atoms with Crippen LogP contribution in [0.25, 0.3) is 0 Å². The number of hydrogen-bond donors (Lipinski definition) is 2. The van der Waals surface area contributed by atoms with E-state index in [1.807, 2.05) is 12.1 Å². The van der Waals surface area contributed by atoms with E-state index in [-0.39, 0.29) is 5.91 Å². The zero-order chi connectivity index (χ0) is 15.2. The van der Waals surface area contributed by atoms with Crippen LogP contribution in [0.15, 0.2) is 42.5 Å². The van der Waals surface area contributed by atoms with E-state index in [0.717, 1.165) is 5.69 Å². The smallest absolute Gasteiger partial charge is 0.276 e. The van der Waals surface area contributed by atoms with Crippen molar-refractivity contribution in [3.05, 3.63) is 58.1 Å². The maximum Gasteiger partial charge on any atom is 0.276 e. The average molecular weight is 325 g/mol. The lowest BCUT2D eigenvalue weighted by Gasteiger charge is -2.12. The minimum Gasteiger partial charge on any atom is -0.355 e. The van der Waals surface area contributed by atoms with Gasteiger partial charge in [0.2, 0.25) is 0 Å². The highest BCUT2D eigenvalue weighted by Gasteiger charge is 2.12. The van der Waals surface area contributed by atoms with Crippen molar-refractivity contribution in [2.75, 3.05) is 11.9 Å². The van der Waals surface area contributed by atoms with E-state index in [1.165, 1.54) is 0 Å². The molecule has 2 rings (SSSR count). The third-order valence-corrected chi connectivity index (χ3v) is 3.11. The highest BCUT2D eigenvalue weighted by molar-refractivity contribution is 6.31. The van der Waals surface area contributed by atoms with Crippen LogP contribution >= 0.6 is 23.2 Å². The van der Waals surface area contributed by atoms with E-state index in [2.05, 4.69) is 10.8 Å². The van der Waals surface area contributed by atoms with E-state index >= 15 is 0 Å². The van der Waals surface area contributed by atoms with Gasteiger partial charge in [-0.3, -0.25) is 9.63 Å². The minimum atomic E-state index is -0.349. The second-order valence-corrected chi connectivity index (χ2v) is 5.06. The predicted molar refractivity (Wildman–Crippen MR) is 85.3 cm³/mol. The molecule has 0 heterocycles. The number of hydroxylamine groups is 1. The number of carbonyl (C=O) groups is 1. The van der Waals surface area contributed by atoms with Gasteiger partial charge in [0.05, 0.1) is 17.9 Å². The maximum absolute atomic E-state index is 12.0. The number of hydrogen-bond acceptors (Lipinski definition) is 3. The molecule has 1 amide bonds. The van der Waals surface area contributed by atoms with Crippen LogP contribution in [0.1, 0.15) is 17.3 Å². The molecule has 0 radical (unpaired) electrons. The number of rotatable bonds is 5. The molecule has 0 unspecified atom stereocenters. The summed E-state index contributed by atoms with van der Waals surface area (Å²) in [6.07, 6.45) is 0. The molecular formula is C15H14Cl2N2O2. The minimum absolute atomic E-state index is 0.349. The number of carbonyl (C=O) groups excluding carboxylic acids is 1. The van der Waals surface area contributed by atoms with Crippen LogP contribution in [0.2, 0.25) is 10.0 Å². The van der Waals surface area contributed by atoms with Gasteiger partial charge >= 0.3 is 0 Å². The van der Waals surface area contributed by atoms with Gasteiger partial charge in [0.1, 0.15) is 0 Å². The third-order valence-electron chi connectivity index (χ3n) is 2.64. The Hall–Kier alpha value is -1.75. The lowest BCUT2D eigenvalue weighted by molar-refractivity contribution is 0.0365. The van der Waals surface area contributed by atoms with Crippen LogP contribution < -0.4 is 10.8 Å². The van der Waals surface area contributed by atoms with Crippen molar-refractivity contribution in [2.45, 2.75) is 6.92 Å². The van der Waals surface area contributed by atoms with Gasteiger partial charge in [-0.1, -0.05) is 29.3 Å². The molecule has 0 spiro atoms. The molecule has 0 saturated carbocycles. The van der Waals surface area contributed by atoms with Crippen molar-refractivity contribution in [2.24, 2.45) is 0 Å². The summed E-state index contributed by atoms with van der Waals surface area (Å²) in [5, 5.41) is 4.25. The molecular weight excluding hydrogens is 311 g/mol. The van der Waals surface area contributed by atoms with E-state index in [0.29, 0.717) is 27.9 Å². The Bertz CT molecular complexity index is 647. The first kappa shape index (κ1) is 15.6. The highest BCUT2D eigenvalue weighted by Crippen LogP contribution is 2.26. The van der Waals surface area contributed by atoms with Crippen LogP contribution in [0.5, 0.6) is 0 Å². The first-order valence-electron chi connectivity index (χ1n) is 6.34. The Labute approximate surface area is 133 Å². The van der Waals surface area contributed by atoms with Gasteiger partial charge in [-0.2, -0.15) is 0 Å². The summed E-state index contributed by atoms with van der Waals surface area (Å²) in [6, 6.07) is 12.1. The molecule has 2 aromatic carbocycles. The first-order chi connectivity index (χ1) is 10.1. The van der Waals surface area contributed by atoms with Gasteiger partial charge in [-0.05, 0) is 43.3 Å². The summed E-state index contributed by atoms with van der Waals surface area (Å²) in [5.74, 6) is -0.349. The fraction of sp³-hybridized carbons (Fsp3) is 0.133. The van der Waals surface area contributed by atoms with Crippen molar-refractivity contribution >= 4 is 40.5 Å². The second-order valence-electron chi connectivity index (χ2n) is 4.19. The van der Waals surface area contributed by atoms with E-state index in [4.69, 9.17) is 28.0 Å². The van der Waals surface area contributed by atoms with Gasteiger partial charge in [0.15, 0.2) is 0 Å². The normalized spacial score (nSPS) is 10.2. The number of nitrogens with one attached hydrogen (secondary N) is 2. The van der Waals surface area contributed by atoms with Crippen LogP contribution in [0, 0.1) is 0 Å². The number of halogens is 2. The molecule has 0 atom stereocenters. The van der Waals surface area contributed by atoms with Crippen molar-refractivity contribution in [3.8, 4) is 0 Å². The van der Waals surface area contributed by atoms with Crippen LogP contribution in [0.4, 0.5) is 11.4 Å². The third kappa shape index (κ3) is 4.36. The van der Waals surface area contributed by atoms with Crippen LogP contribution in [-0.4, -0.2) is 12.5 Å². The van der Waals surface area contributed by atoms with E-state index in [9.17, 15) is 4.79 Å². The summed E-state index contributed by atoms with van der Waals surface area (Å²) < 4.78 is 0. The average Bonchev–Trinajstić information content (AvgIpc) is 2.45. The molecule has 2 aromatic rings. The van der Waals surface area contributed by atoms with Crippen molar-refractivity contribution in [3.63, 3.8) is 0 Å².